The lowest BCUT2D eigenvalue weighted by molar-refractivity contribution is 0.0385. The van der Waals surface area contributed by atoms with E-state index in [4.69, 9.17) is 43.4 Å². The topological polar surface area (TPSA) is 113 Å². The second-order valence-electron chi connectivity index (χ2n) is 3.48. The van der Waals surface area contributed by atoms with E-state index in [1.807, 2.05) is 0 Å². The molecule has 9 nitrogen and oxygen atoms in total. The van der Waals surface area contributed by atoms with Gasteiger partial charge in [-0.15, -0.1) is 0 Å². The summed E-state index contributed by atoms with van der Waals surface area (Å²) in [6.07, 6.45) is -1.83. The van der Waals surface area contributed by atoms with Gasteiger partial charge in [0.1, 0.15) is 0 Å². The standard InChI is InChI=1S/2C6H14O3.CH2O3/c2*1-7-3-5-9-6-4-8-2;2-1(3)4/h2*3-6H2,1-2H3;(H2,2,3,4). The SMILES string of the molecule is COCCOCCOC.COCCOCCOC.O=C(O)O. The maximum Gasteiger partial charge on any atom is 0.503 e. The molecule has 9 heteroatoms. The smallest absolute Gasteiger partial charge is 0.450 e. The summed E-state index contributed by atoms with van der Waals surface area (Å²) in [6.45, 7) is 5.24. The molecule has 22 heavy (non-hydrogen) atoms. The first-order valence-corrected chi connectivity index (χ1v) is 6.59. The van der Waals surface area contributed by atoms with Crippen LogP contribution in [-0.2, 0) is 28.4 Å². The van der Waals surface area contributed by atoms with Gasteiger partial charge in [0.05, 0.1) is 52.9 Å². The lowest BCUT2D eigenvalue weighted by Gasteiger charge is -2.00. The van der Waals surface area contributed by atoms with Crippen LogP contribution in [0.15, 0.2) is 0 Å². The molecular weight excluding hydrogens is 300 g/mol. The average molecular weight is 330 g/mol. The van der Waals surface area contributed by atoms with Gasteiger partial charge >= 0.3 is 6.16 Å². The summed E-state index contributed by atoms with van der Waals surface area (Å²) in [4.78, 5) is 8.56. The first kappa shape index (κ1) is 26.0. The van der Waals surface area contributed by atoms with Crippen LogP contribution in [0.1, 0.15) is 0 Å². The monoisotopic (exact) mass is 330 g/mol. The van der Waals surface area contributed by atoms with Gasteiger partial charge in [-0.25, -0.2) is 4.79 Å². The maximum absolute atomic E-state index is 8.56. The Labute approximate surface area is 132 Å². The minimum Gasteiger partial charge on any atom is -0.450 e. The molecule has 0 radical (unpaired) electrons. The number of hydrogen-bond acceptors (Lipinski definition) is 7. The molecule has 0 fully saturated rings. The third-order valence-electron chi connectivity index (χ3n) is 1.73. The maximum atomic E-state index is 8.56. The molecule has 0 aromatic heterocycles. The minimum absolute atomic E-state index is 0.653. The van der Waals surface area contributed by atoms with Crippen molar-refractivity contribution in [3.8, 4) is 0 Å². The second kappa shape index (κ2) is 28.2. The molecule has 0 heterocycles. The van der Waals surface area contributed by atoms with E-state index in [2.05, 4.69) is 0 Å². The molecule has 0 unspecified atom stereocenters. The summed E-state index contributed by atoms with van der Waals surface area (Å²) >= 11 is 0. The molecule has 136 valence electrons. The summed E-state index contributed by atoms with van der Waals surface area (Å²) in [7, 11) is 6.61. The van der Waals surface area contributed by atoms with Gasteiger partial charge in [0.2, 0.25) is 0 Å². The third kappa shape index (κ3) is 50.8. The van der Waals surface area contributed by atoms with Crippen molar-refractivity contribution in [3.05, 3.63) is 0 Å². The van der Waals surface area contributed by atoms with Crippen LogP contribution >= 0.6 is 0 Å². The quantitative estimate of drug-likeness (QED) is 0.502. The summed E-state index contributed by atoms with van der Waals surface area (Å²) in [6, 6.07) is 0. The van der Waals surface area contributed by atoms with Gasteiger partial charge in [-0.05, 0) is 0 Å². The van der Waals surface area contributed by atoms with Crippen molar-refractivity contribution in [3.63, 3.8) is 0 Å². The van der Waals surface area contributed by atoms with E-state index < -0.39 is 6.16 Å². The van der Waals surface area contributed by atoms with Gasteiger partial charge in [0, 0.05) is 28.4 Å². The summed E-state index contributed by atoms with van der Waals surface area (Å²) in [5.74, 6) is 0. The molecule has 0 spiro atoms. The molecule has 0 saturated heterocycles. The van der Waals surface area contributed by atoms with E-state index in [9.17, 15) is 0 Å². The first-order chi connectivity index (χ1) is 10.6. The third-order valence-corrected chi connectivity index (χ3v) is 1.73. The Balaban J connectivity index is -0.000000266. The van der Waals surface area contributed by atoms with Crippen LogP contribution in [0.2, 0.25) is 0 Å². The molecule has 2 N–H and O–H groups in total. The molecule has 0 atom stereocenters. The van der Waals surface area contributed by atoms with E-state index in [-0.39, 0.29) is 0 Å². The Morgan fingerprint density at radius 3 is 0.909 bits per heavy atom. The van der Waals surface area contributed by atoms with Gasteiger partial charge < -0.3 is 38.6 Å². The van der Waals surface area contributed by atoms with E-state index in [0.717, 1.165) is 0 Å². The van der Waals surface area contributed by atoms with Gasteiger partial charge in [0.25, 0.3) is 0 Å². The highest BCUT2D eigenvalue weighted by molar-refractivity contribution is 5.53. The van der Waals surface area contributed by atoms with Crippen molar-refractivity contribution in [1.29, 1.82) is 0 Å². The zero-order valence-electron chi connectivity index (χ0n) is 13.9. The van der Waals surface area contributed by atoms with E-state index >= 15 is 0 Å². The van der Waals surface area contributed by atoms with Crippen molar-refractivity contribution in [2.45, 2.75) is 0 Å². The Morgan fingerprint density at radius 2 is 0.773 bits per heavy atom. The van der Waals surface area contributed by atoms with Crippen molar-refractivity contribution >= 4 is 6.16 Å². The zero-order valence-corrected chi connectivity index (χ0v) is 13.9. The molecule has 0 aromatic carbocycles. The Bertz CT molecular complexity index is 160. The van der Waals surface area contributed by atoms with Crippen molar-refractivity contribution in [2.24, 2.45) is 0 Å². The van der Waals surface area contributed by atoms with E-state index in [0.29, 0.717) is 52.9 Å². The number of carbonyl (C=O) groups is 1. The summed E-state index contributed by atoms with van der Waals surface area (Å²) in [5, 5.41) is 13.9. The Kier molecular flexibility index (Phi) is 33.3. The summed E-state index contributed by atoms with van der Waals surface area (Å²) in [5.41, 5.74) is 0. The van der Waals surface area contributed by atoms with E-state index in [1.54, 1.807) is 28.4 Å². The van der Waals surface area contributed by atoms with Crippen LogP contribution in [0.5, 0.6) is 0 Å². The predicted molar refractivity (Wildman–Crippen MR) is 79.8 cm³/mol. The Hall–Kier alpha value is -0.970. The van der Waals surface area contributed by atoms with Crippen LogP contribution in [0.25, 0.3) is 0 Å². The molecular formula is C13H30O9. The van der Waals surface area contributed by atoms with E-state index in [1.165, 1.54) is 0 Å². The van der Waals surface area contributed by atoms with Crippen molar-refractivity contribution < 1.29 is 43.4 Å². The number of rotatable bonds is 12. The Morgan fingerprint density at radius 1 is 0.591 bits per heavy atom. The molecule has 0 aliphatic carbocycles. The predicted octanol–water partition coefficient (Wildman–Crippen LogP) is 0.814. The van der Waals surface area contributed by atoms with Crippen LogP contribution < -0.4 is 0 Å². The molecule has 0 rings (SSSR count). The lowest BCUT2D eigenvalue weighted by Crippen LogP contribution is -2.06. The molecule has 0 aromatic rings. The number of methoxy groups -OCH3 is 4. The van der Waals surface area contributed by atoms with Crippen molar-refractivity contribution in [1.82, 2.24) is 0 Å². The van der Waals surface area contributed by atoms with Crippen LogP contribution in [0, 0.1) is 0 Å². The number of hydrogen-bond donors (Lipinski definition) is 2. The summed E-state index contributed by atoms with van der Waals surface area (Å²) < 4.78 is 29.2. The van der Waals surface area contributed by atoms with Gasteiger partial charge in [0.15, 0.2) is 0 Å². The largest absolute Gasteiger partial charge is 0.503 e. The molecule has 0 bridgehead atoms. The zero-order chi connectivity index (χ0) is 17.5. The average Bonchev–Trinajstić information content (AvgIpc) is 2.47. The fourth-order valence-corrected chi connectivity index (χ4v) is 0.773. The molecule has 0 saturated carbocycles. The van der Waals surface area contributed by atoms with Gasteiger partial charge in [-0.2, -0.15) is 0 Å². The van der Waals surface area contributed by atoms with Crippen LogP contribution in [0.4, 0.5) is 4.79 Å². The van der Waals surface area contributed by atoms with Crippen molar-refractivity contribution in [2.75, 3.05) is 81.3 Å². The highest BCUT2D eigenvalue weighted by Gasteiger charge is 1.85. The molecule has 0 aliphatic rings. The number of carboxylic acid groups (broad SMARTS) is 2. The highest BCUT2D eigenvalue weighted by atomic mass is 16.6. The fourth-order valence-electron chi connectivity index (χ4n) is 0.773. The number of ether oxygens (including phenoxy) is 6. The highest BCUT2D eigenvalue weighted by Crippen LogP contribution is 1.76. The normalized spacial score (nSPS) is 9.27. The molecule has 0 amide bonds. The lowest BCUT2D eigenvalue weighted by atomic mass is 10.7. The minimum atomic E-state index is -1.83. The van der Waals surface area contributed by atoms with Gasteiger partial charge in [-0.1, -0.05) is 0 Å². The van der Waals surface area contributed by atoms with Gasteiger partial charge in [-0.3, -0.25) is 0 Å². The second-order valence-corrected chi connectivity index (χ2v) is 3.48. The van der Waals surface area contributed by atoms with Crippen LogP contribution in [-0.4, -0.2) is 97.7 Å². The van der Waals surface area contributed by atoms with Crippen LogP contribution in [0.3, 0.4) is 0 Å². The fraction of sp³-hybridized carbons (Fsp3) is 0.923. The first-order valence-electron chi connectivity index (χ1n) is 6.59. The molecule has 0 aliphatic heterocycles.